The van der Waals surface area contributed by atoms with Gasteiger partial charge in [0.05, 0.1) is 0 Å². The maximum absolute atomic E-state index is 2.42. The van der Waals surface area contributed by atoms with E-state index in [2.05, 4.69) is 46.1 Å². The fourth-order valence-corrected chi connectivity index (χ4v) is 1.30. The zero-order valence-corrected chi connectivity index (χ0v) is 8.59. The third-order valence-electron chi connectivity index (χ3n) is 1.82. The fraction of sp³-hybridized carbons (Fsp3) is 0.900. The van der Waals surface area contributed by atoms with Gasteiger partial charge in [0.2, 0.25) is 0 Å². The Morgan fingerprint density at radius 3 is 1.82 bits per heavy atom. The van der Waals surface area contributed by atoms with E-state index in [1.165, 1.54) is 12.8 Å². The third kappa shape index (κ3) is 4.41. The molecule has 1 heteroatoms. The summed E-state index contributed by atoms with van der Waals surface area (Å²) in [6.45, 7) is 13.5. The van der Waals surface area contributed by atoms with Crippen molar-refractivity contribution in [3.63, 3.8) is 0 Å². The molecule has 0 aromatic heterocycles. The van der Waals surface area contributed by atoms with Crippen LogP contribution < -0.4 is 0 Å². The first-order valence-electron chi connectivity index (χ1n) is 4.70. The molecule has 0 N–H and O–H groups in total. The first kappa shape index (κ1) is 11.0. The molecule has 1 radical (unpaired) electrons. The van der Waals surface area contributed by atoms with Gasteiger partial charge in [-0.25, -0.2) is 0 Å². The summed E-state index contributed by atoms with van der Waals surface area (Å²) in [6.07, 6.45) is 2.45. The topological polar surface area (TPSA) is 3.24 Å². The van der Waals surface area contributed by atoms with E-state index in [1.54, 1.807) is 0 Å². The highest BCUT2D eigenvalue weighted by Crippen LogP contribution is 2.10. The van der Waals surface area contributed by atoms with E-state index in [9.17, 15) is 0 Å². The van der Waals surface area contributed by atoms with E-state index in [1.807, 2.05) is 0 Å². The molecule has 0 amide bonds. The van der Waals surface area contributed by atoms with E-state index in [4.69, 9.17) is 0 Å². The summed E-state index contributed by atoms with van der Waals surface area (Å²) in [5, 5.41) is 0. The van der Waals surface area contributed by atoms with Crippen molar-refractivity contribution in [2.75, 3.05) is 0 Å². The van der Waals surface area contributed by atoms with Gasteiger partial charge in [-0.05, 0) is 34.1 Å². The second kappa shape index (κ2) is 5.59. The smallest absolute Gasteiger partial charge is 0.0257 e. The van der Waals surface area contributed by atoms with E-state index in [0.717, 1.165) is 0 Å². The molecule has 0 aliphatic rings. The van der Waals surface area contributed by atoms with Crippen LogP contribution >= 0.6 is 0 Å². The third-order valence-corrected chi connectivity index (χ3v) is 1.82. The number of unbranched alkanes of at least 4 members (excludes halogenated alkanes) is 1. The van der Waals surface area contributed by atoms with Crippen LogP contribution in [0.1, 0.15) is 47.5 Å². The summed E-state index contributed by atoms with van der Waals surface area (Å²) in [5.41, 5.74) is 0. The van der Waals surface area contributed by atoms with Crippen molar-refractivity contribution in [3.05, 3.63) is 6.54 Å². The van der Waals surface area contributed by atoms with Crippen LogP contribution in [0.2, 0.25) is 0 Å². The quantitative estimate of drug-likeness (QED) is 0.591. The Bertz CT molecular complexity index is 78.9. The van der Waals surface area contributed by atoms with Gasteiger partial charge in [0, 0.05) is 18.6 Å². The van der Waals surface area contributed by atoms with Gasteiger partial charge in [-0.2, -0.15) is 0 Å². The highest BCUT2D eigenvalue weighted by atomic mass is 15.2. The highest BCUT2D eigenvalue weighted by Gasteiger charge is 2.11. The maximum atomic E-state index is 2.42. The molecule has 0 heterocycles. The van der Waals surface area contributed by atoms with Gasteiger partial charge < -0.3 is 0 Å². The lowest BCUT2D eigenvalue weighted by Gasteiger charge is -2.29. The molecule has 0 rings (SSSR count). The number of hydrogen-bond acceptors (Lipinski definition) is 1. The molecular formula is C10H22N. The Labute approximate surface area is 71.8 Å². The molecule has 1 nitrogen and oxygen atoms in total. The highest BCUT2D eigenvalue weighted by molar-refractivity contribution is 4.75. The lowest BCUT2D eigenvalue weighted by Crippen LogP contribution is -2.34. The lowest BCUT2D eigenvalue weighted by atomic mass is 10.2. The van der Waals surface area contributed by atoms with Crippen LogP contribution in [0.5, 0.6) is 0 Å². The summed E-state index contributed by atoms with van der Waals surface area (Å²) >= 11 is 0. The normalized spacial score (nSPS) is 12.0. The molecule has 0 aromatic rings. The lowest BCUT2D eigenvalue weighted by molar-refractivity contribution is 0.216. The minimum atomic E-state index is 0.640. The van der Waals surface area contributed by atoms with Crippen molar-refractivity contribution in [2.24, 2.45) is 0 Å². The average Bonchev–Trinajstić information content (AvgIpc) is 1.87. The van der Waals surface area contributed by atoms with Crippen LogP contribution in [0, 0.1) is 6.54 Å². The molecule has 0 aliphatic heterocycles. The van der Waals surface area contributed by atoms with Crippen molar-refractivity contribution in [1.82, 2.24) is 4.90 Å². The second-order valence-electron chi connectivity index (χ2n) is 3.61. The molecule has 0 unspecified atom stereocenters. The van der Waals surface area contributed by atoms with Gasteiger partial charge in [-0.1, -0.05) is 13.3 Å². The maximum Gasteiger partial charge on any atom is 0.0257 e. The largest absolute Gasteiger partial charge is 0.294 e. The summed E-state index contributed by atoms with van der Waals surface area (Å²) < 4.78 is 0. The molecule has 0 saturated heterocycles. The number of rotatable bonds is 5. The fourth-order valence-electron chi connectivity index (χ4n) is 1.30. The van der Waals surface area contributed by atoms with Crippen molar-refractivity contribution >= 4 is 0 Å². The predicted molar refractivity (Wildman–Crippen MR) is 51.3 cm³/mol. The van der Waals surface area contributed by atoms with E-state index >= 15 is 0 Å². The average molecular weight is 156 g/mol. The van der Waals surface area contributed by atoms with Crippen molar-refractivity contribution in [3.8, 4) is 0 Å². The Balaban J connectivity index is 3.70. The Morgan fingerprint density at radius 2 is 1.55 bits per heavy atom. The van der Waals surface area contributed by atoms with Crippen molar-refractivity contribution in [1.29, 1.82) is 0 Å². The number of nitrogens with zero attached hydrogens (tertiary/aromatic N) is 1. The van der Waals surface area contributed by atoms with Crippen LogP contribution in [0.25, 0.3) is 0 Å². The zero-order chi connectivity index (χ0) is 8.85. The van der Waals surface area contributed by atoms with Gasteiger partial charge >= 0.3 is 0 Å². The molecular weight excluding hydrogens is 134 g/mol. The summed E-state index contributed by atoms with van der Waals surface area (Å²) in [4.78, 5) is 2.42. The standard InChI is InChI=1S/C10H22N/c1-6-7-8-11(9(2)3)10(4)5/h8-10H,6-7H2,1-5H3. The first-order valence-corrected chi connectivity index (χ1v) is 4.70. The second-order valence-corrected chi connectivity index (χ2v) is 3.61. The van der Waals surface area contributed by atoms with Gasteiger partial charge in [-0.3, -0.25) is 4.90 Å². The molecule has 11 heavy (non-hydrogen) atoms. The van der Waals surface area contributed by atoms with Crippen LogP contribution in [-0.4, -0.2) is 17.0 Å². The van der Waals surface area contributed by atoms with Crippen LogP contribution in [0.15, 0.2) is 0 Å². The molecule has 0 aliphatic carbocycles. The molecule has 0 fully saturated rings. The minimum absolute atomic E-state index is 0.640. The van der Waals surface area contributed by atoms with Gasteiger partial charge in [0.15, 0.2) is 0 Å². The SMILES string of the molecule is CCC[CH]N(C(C)C)C(C)C. The Hall–Kier alpha value is -0.0400. The van der Waals surface area contributed by atoms with Gasteiger partial charge in [0.25, 0.3) is 0 Å². The van der Waals surface area contributed by atoms with Gasteiger partial charge in [-0.15, -0.1) is 0 Å². The number of hydrogen-bond donors (Lipinski definition) is 0. The van der Waals surface area contributed by atoms with Crippen LogP contribution in [0.4, 0.5) is 0 Å². The summed E-state index contributed by atoms with van der Waals surface area (Å²) in [6, 6.07) is 1.28. The monoisotopic (exact) mass is 156 g/mol. The van der Waals surface area contributed by atoms with Crippen molar-refractivity contribution < 1.29 is 0 Å². The summed E-state index contributed by atoms with van der Waals surface area (Å²) in [5.74, 6) is 0. The van der Waals surface area contributed by atoms with Crippen LogP contribution in [0.3, 0.4) is 0 Å². The van der Waals surface area contributed by atoms with Crippen LogP contribution in [-0.2, 0) is 0 Å². The minimum Gasteiger partial charge on any atom is -0.294 e. The molecule has 0 aromatic carbocycles. The van der Waals surface area contributed by atoms with Gasteiger partial charge in [0.1, 0.15) is 0 Å². The zero-order valence-electron chi connectivity index (χ0n) is 8.59. The Kier molecular flexibility index (Phi) is 5.57. The molecule has 0 atom stereocenters. The molecule has 0 bridgehead atoms. The molecule has 67 valence electrons. The summed E-state index contributed by atoms with van der Waals surface area (Å²) in [7, 11) is 0. The predicted octanol–water partition coefficient (Wildman–Crippen LogP) is 3.07. The molecule has 0 spiro atoms. The van der Waals surface area contributed by atoms with Crippen molar-refractivity contribution in [2.45, 2.75) is 59.5 Å². The van der Waals surface area contributed by atoms with E-state index in [0.29, 0.717) is 12.1 Å². The first-order chi connectivity index (χ1) is 5.09. The Morgan fingerprint density at radius 1 is 1.09 bits per heavy atom. The van der Waals surface area contributed by atoms with E-state index in [-0.39, 0.29) is 0 Å². The molecule has 0 saturated carbocycles. The van der Waals surface area contributed by atoms with E-state index < -0.39 is 0 Å².